The molecule has 0 aliphatic carbocycles. The van der Waals surface area contributed by atoms with Crippen LogP contribution in [0.3, 0.4) is 0 Å². The van der Waals surface area contributed by atoms with E-state index in [0.717, 1.165) is 16.7 Å². The highest BCUT2D eigenvalue weighted by Crippen LogP contribution is 2.23. The Balaban J connectivity index is 2.24. The molecule has 0 aliphatic heterocycles. The van der Waals surface area contributed by atoms with Crippen LogP contribution >= 0.6 is 0 Å². The van der Waals surface area contributed by atoms with Crippen molar-refractivity contribution in [1.29, 1.82) is 0 Å². The average molecular weight is 516 g/mol. The number of amides is 2. The van der Waals surface area contributed by atoms with E-state index in [0.29, 0.717) is 25.1 Å². The van der Waals surface area contributed by atoms with E-state index in [1.54, 1.807) is 17.0 Å². The van der Waals surface area contributed by atoms with Crippen LogP contribution < -0.4 is 9.62 Å². The van der Waals surface area contributed by atoms with Crippen molar-refractivity contribution in [2.45, 2.75) is 78.9 Å². The lowest BCUT2D eigenvalue weighted by molar-refractivity contribution is -0.142. The third-order valence-corrected chi connectivity index (χ3v) is 7.07. The molecule has 2 amide bonds. The molecule has 0 spiro atoms. The molecule has 2 rings (SSSR count). The predicted octanol–water partition coefficient (Wildman–Crippen LogP) is 4.57. The molecule has 1 atom stereocenters. The quantitative estimate of drug-likeness (QED) is 0.475. The highest BCUT2D eigenvalue weighted by atomic mass is 32.2. The van der Waals surface area contributed by atoms with Crippen LogP contribution in [0.5, 0.6) is 0 Å². The molecule has 7 nitrogen and oxygen atoms in total. The number of carbonyl (C=O) groups is 2. The Morgan fingerprint density at radius 3 is 2.14 bits per heavy atom. The molecule has 198 valence electrons. The van der Waals surface area contributed by atoms with Crippen LogP contribution in [0.25, 0.3) is 0 Å². The molecule has 0 aliphatic rings. The van der Waals surface area contributed by atoms with Gasteiger partial charge in [-0.1, -0.05) is 55.0 Å². The standard InChI is InChI=1S/C28H41N3O4S/c1-8-24(27(33)29-28(4,5)6)30(20-23-17-15-21(2)16-18-23)26(32)14-11-19-31(36(7,34)35)25-13-10-9-12-22(25)3/h9-10,12-13,15-18,24H,8,11,14,19-20H2,1-7H3,(H,29,33). The second kappa shape index (κ2) is 12.4. The van der Waals surface area contributed by atoms with Crippen molar-refractivity contribution < 1.29 is 18.0 Å². The lowest BCUT2D eigenvalue weighted by atomic mass is 10.0. The number of anilines is 1. The van der Waals surface area contributed by atoms with E-state index in [1.807, 2.05) is 77.9 Å². The van der Waals surface area contributed by atoms with Crippen molar-refractivity contribution in [3.8, 4) is 0 Å². The maximum Gasteiger partial charge on any atom is 0.243 e. The van der Waals surface area contributed by atoms with Crippen molar-refractivity contribution >= 4 is 27.5 Å². The van der Waals surface area contributed by atoms with Gasteiger partial charge in [0.25, 0.3) is 0 Å². The number of hydrogen-bond acceptors (Lipinski definition) is 4. The number of hydrogen-bond donors (Lipinski definition) is 1. The fourth-order valence-corrected chi connectivity index (χ4v) is 5.11. The summed E-state index contributed by atoms with van der Waals surface area (Å²) < 4.78 is 26.4. The van der Waals surface area contributed by atoms with Crippen molar-refractivity contribution in [2.24, 2.45) is 0 Å². The Labute approximate surface area is 216 Å². The Morgan fingerprint density at radius 1 is 1.00 bits per heavy atom. The van der Waals surface area contributed by atoms with Crippen molar-refractivity contribution in [3.63, 3.8) is 0 Å². The number of para-hydroxylation sites is 1. The average Bonchev–Trinajstić information content (AvgIpc) is 2.76. The van der Waals surface area contributed by atoms with Gasteiger partial charge in [-0.2, -0.15) is 0 Å². The Bertz CT molecular complexity index is 1140. The number of rotatable bonds is 11. The van der Waals surface area contributed by atoms with E-state index in [4.69, 9.17) is 0 Å². The number of nitrogens with one attached hydrogen (secondary N) is 1. The van der Waals surface area contributed by atoms with Gasteiger partial charge in [0.05, 0.1) is 11.9 Å². The predicted molar refractivity (Wildman–Crippen MR) is 146 cm³/mol. The molecule has 0 fully saturated rings. The summed E-state index contributed by atoms with van der Waals surface area (Å²) in [5.74, 6) is -0.368. The van der Waals surface area contributed by atoms with E-state index in [9.17, 15) is 18.0 Å². The molecule has 0 saturated carbocycles. The summed E-state index contributed by atoms with van der Waals surface area (Å²) in [5, 5.41) is 3.00. The summed E-state index contributed by atoms with van der Waals surface area (Å²) in [7, 11) is -3.52. The summed E-state index contributed by atoms with van der Waals surface area (Å²) in [6, 6.07) is 14.6. The van der Waals surface area contributed by atoms with E-state index in [-0.39, 0.29) is 24.8 Å². The lowest BCUT2D eigenvalue weighted by Gasteiger charge is -2.33. The summed E-state index contributed by atoms with van der Waals surface area (Å²) in [5.41, 5.74) is 3.09. The lowest BCUT2D eigenvalue weighted by Crippen LogP contribution is -2.53. The van der Waals surface area contributed by atoms with E-state index in [1.165, 1.54) is 10.6 Å². The normalized spacial score (nSPS) is 12.6. The number of benzene rings is 2. The largest absolute Gasteiger partial charge is 0.350 e. The molecule has 0 saturated heterocycles. The second-order valence-electron chi connectivity index (χ2n) is 10.4. The van der Waals surface area contributed by atoms with Crippen molar-refractivity contribution in [3.05, 3.63) is 65.2 Å². The van der Waals surface area contributed by atoms with Gasteiger partial charge < -0.3 is 10.2 Å². The zero-order valence-corrected chi connectivity index (χ0v) is 23.5. The number of nitrogens with zero attached hydrogens (tertiary/aromatic N) is 2. The van der Waals surface area contributed by atoms with E-state index < -0.39 is 21.6 Å². The SMILES string of the molecule is CCC(C(=O)NC(C)(C)C)N(Cc1ccc(C)cc1)C(=O)CCCN(c1ccccc1C)S(C)(=O)=O. The highest BCUT2D eigenvalue weighted by Gasteiger charge is 2.30. The van der Waals surface area contributed by atoms with E-state index >= 15 is 0 Å². The van der Waals surface area contributed by atoms with Gasteiger partial charge in [0.2, 0.25) is 21.8 Å². The van der Waals surface area contributed by atoms with Crippen molar-refractivity contribution in [1.82, 2.24) is 10.2 Å². The Morgan fingerprint density at radius 2 is 1.61 bits per heavy atom. The van der Waals surface area contributed by atoms with Crippen molar-refractivity contribution in [2.75, 3.05) is 17.1 Å². The maximum atomic E-state index is 13.5. The number of aryl methyl sites for hydroxylation is 2. The monoisotopic (exact) mass is 515 g/mol. The van der Waals surface area contributed by atoms with Gasteiger partial charge in [0.1, 0.15) is 6.04 Å². The summed E-state index contributed by atoms with van der Waals surface area (Å²) >= 11 is 0. The summed E-state index contributed by atoms with van der Waals surface area (Å²) in [6.07, 6.45) is 2.11. The topological polar surface area (TPSA) is 86.8 Å². The molecule has 1 unspecified atom stereocenters. The van der Waals surface area contributed by atoms with Gasteiger partial charge in [-0.25, -0.2) is 8.42 Å². The minimum Gasteiger partial charge on any atom is -0.350 e. The molecule has 2 aromatic rings. The molecule has 0 bridgehead atoms. The zero-order valence-electron chi connectivity index (χ0n) is 22.7. The molecule has 8 heteroatoms. The minimum absolute atomic E-state index is 0.128. The Kier molecular flexibility index (Phi) is 10.1. The van der Waals surface area contributed by atoms with Gasteiger partial charge in [-0.15, -0.1) is 0 Å². The van der Waals surface area contributed by atoms with Gasteiger partial charge in [-0.05, 0) is 64.7 Å². The molecule has 36 heavy (non-hydrogen) atoms. The molecule has 0 aromatic heterocycles. The first kappa shape index (κ1) is 29.4. The van der Waals surface area contributed by atoms with Crippen LogP contribution in [0.1, 0.15) is 63.6 Å². The number of sulfonamides is 1. The first-order chi connectivity index (χ1) is 16.7. The van der Waals surface area contributed by atoms with Crippen LogP contribution in [-0.4, -0.2) is 49.5 Å². The van der Waals surface area contributed by atoms with Gasteiger partial charge >= 0.3 is 0 Å². The zero-order chi connectivity index (χ0) is 27.1. The minimum atomic E-state index is -3.52. The maximum absolute atomic E-state index is 13.5. The van der Waals surface area contributed by atoms with Gasteiger partial charge in [-0.3, -0.25) is 13.9 Å². The second-order valence-corrected chi connectivity index (χ2v) is 12.3. The highest BCUT2D eigenvalue weighted by molar-refractivity contribution is 7.92. The summed E-state index contributed by atoms with van der Waals surface area (Å²) in [6.45, 7) is 12.0. The fraction of sp³-hybridized carbons (Fsp3) is 0.500. The van der Waals surface area contributed by atoms with Crippen LogP contribution in [0.15, 0.2) is 48.5 Å². The van der Waals surface area contributed by atoms with Crippen LogP contribution in [0.2, 0.25) is 0 Å². The third-order valence-electron chi connectivity index (χ3n) is 5.89. The molecule has 2 aromatic carbocycles. The first-order valence-electron chi connectivity index (χ1n) is 12.4. The molecule has 1 N–H and O–H groups in total. The summed E-state index contributed by atoms with van der Waals surface area (Å²) in [4.78, 5) is 28.3. The Hall–Kier alpha value is -2.87. The first-order valence-corrected chi connectivity index (χ1v) is 14.3. The van der Waals surface area contributed by atoms with Crippen LogP contribution in [-0.2, 0) is 26.2 Å². The smallest absolute Gasteiger partial charge is 0.243 e. The van der Waals surface area contributed by atoms with Gasteiger partial charge in [0, 0.05) is 25.0 Å². The fourth-order valence-electron chi connectivity index (χ4n) is 4.09. The van der Waals surface area contributed by atoms with E-state index in [2.05, 4.69) is 5.32 Å². The molecule has 0 heterocycles. The molecule has 0 radical (unpaired) electrons. The molecular weight excluding hydrogens is 474 g/mol. The molecular formula is C28H41N3O4S. The van der Waals surface area contributed by atoms with Crippen LogP contribution in [0, 0.1) is 13.8 Å². The van der Waals surface area contributed by atoms with Gasteiger partial charge in [0.15, 0.2) is 0 Å². The van der Waals surface area contributed by atoms with Crippen LogP contribution in [0.4, 0.5) is 5.69 Å². The third kappa shape index (κ3) is 8.66. The number of carbonyl (C=O) groups excluding carboxylic acids is 2.